The van der Waals surface area contributed by atoms with Crippen molar-refractivity contribution in [3.05, 3.63) is 0 Å². The van der Waals surface area contributed by atoms with Crippen LogP contribution in [0.4, 0.5) is 0 Å². The van der Waals surface area contributed by atoms with E-state index in [9.17, 15) is 9.90 Å². The van der Waals surface area contributed by atoms with Gasteiger partial charge in [0.1, 0.15) is 5.54 Å². The third-order valence-corrected chi connectivity index (χ3v) is 5.32. The monoisotopic (exact) mass is 253 g/mol. The average Bonchev–Trinajstić information content (AvgIpc) is 3.13. The molecule has 2 aliphatic carbocycles. The van der Waals surface area contributed by atoms with Crippen LogP contribution in [0.15, 0.2) is 0 Å². The number of carboxylic acids is 1. The lowest BCUT2D eigenvalue weighted by Crippen LogP contribution is -2.55. The molecule has 2 saturated carbocycles. The van der Waals surface area contributed by atoms with Crippen molar-refractivity contribution in [3.8, 4) is 0 Å². The molecule has 104 valence electrons. The van der Waals surface area contributed by atoms with Crippen molar-refractivity contribution >= 4 is 5.97 Å². The van der Waals surface area contributed by atoms with Gasteiger partial charge in [-0.15, -0.1) is 0 Å². The molecule has 3 nitrogen and oxygen atoms in total. The molecule has 0 aromatic heterocycles. The van der Waals surface area contributed by atoms with Gasteiger partial charge in [-0.2, -0.15) is 0 Å². The first-order chi connectivity index (χ1) is 8.39. The molecule has 0 radical (unpaired) electrons. The van der Waals surface area contributed by atoms with E-state index in [-0.39, 0.29) is 0 Å². The van der Waals surface area contributed by atoms with Gasteiger partial charge in [0.05, 0.1) is 0 Å². The third kappa shape index (κ3) is 2.71. The summed E-state index contributed by atoms with van der Waals surface area (Å²) < 4.78 is 0. The van der Waals surface area contributed by atoms with E-state index in [1.54, 1.807) is 0 Å². The van der Waals surface area contributed by atoms with Gasteiger partial charge in [-0.1, -0.05) is 27.2 Å². The maximum atomic E-state index is 11.6. The molecule has 2 rings (SSSR count). The minimum atomic E-state index is -0.637. The fraction of sp³-hybridized carbons (Fsp3) is 0.933. The molecule has 0 aromatic rings. The summed E-state index contributed by atoms with van der Waals surface area (Å²) in [5.41, 5.74) is -0.272. The summed E-state index contributed by atoms with van der Waals surface area (Å²) in [6.45, 7) is 6.88. The Morgan fingerprint density at radius 3 is 2.22 bits per heavy atom. The first kappa shape index (κ1) is 13.9. The number of carbonyl (C=O) groups is 1. The van der Waals surface area contributed by atoms with Crippen LogP contribution in [0, 0.1) is 11.3 Å². The normalized spacial score (nSPS) is 33.4. The molecule has 0 heterocycles. The van der Waals surface area contributed by atoms with Gasteiger partial charge in [-0.05, 0) is 49.9 Å². The lowest BCUT2D eigenvalue weighted by molar-refractivity contribution is -0.147. The highest BCUT2D eigenvalue weighted by atomic mass is 16.4. The number of aliphatic carboxylic acids is 1. The van der Waals surface area contributed by atoms with E-state index in [2.05, 4.69) is 26.1 Å². The van der Waals surface area contributed by atoms with Gasteiger partial charge in [0.2, 0.25) is 0 Å². The molecule has 0 atom stereocenters. The molecule has 2 aliphatic rings. The molecule has 0 saturated heterocycles. The maximum Gasteiger partial charge on any atom is 0.323 e. The van der Waals surface area contributed by atoms with Gasteiger partial charge in [-0.25, -0.2) is 0 Å². The quantitative estimate of drug-likeness (QED) is 0.791. The summed E-state index contributed by atoms with van der Waals surface area (Å²) in [5.74, 6) is 0.0399. The zero-order valence-corrected chi connectivity index (χ0v) is 12.0. The molecular weight excluding hydrogens is 226 g/mol. The van der Waals surface area contributed by atoms with E-state index in [0.29, 0.717) is 17.4 Å². The molecule has 0 aliphatic heterocycles. The number of carboxylic acid groups (broad SMARTS) is 1. The van der Waals surface area contributed by atoms with Crippen LogP contribution in [0.1, 0.15) is 65.7 Å². The topological polar surface area (TPSA) is 49.3 Å². The Morgan fingerprint density at radius 1 is 1.28 bits per heavy atom. The number of nitrogens with one attached hydrogen (secondary N) is 1. The van der Waals surface area contributed by atoms with Gasteiger partial charge in [0.15, 0.2) is 0 Å². The van der Waals surface area contributed by atoms with E-state index in [0.717, 1.165) is 38.5 Å². The lowest BCUT2D eigenvalue weighted by atomic mass is 9.65. The second kappa shape index (κ2) is 4.84. The summed E-state index contributed by atoms with van der Waals surface area (Å²) in [4.78, 5) is 11.6. The van der Waals surface area contributed by atoms with E-state index in [4.69, 9.17) is 0 Å². The highest BCUT2D eigenvalue weighted by molar-refractivity contribution is 5.79. The summed E-state index contributed by atoms with van der Waals surface area (Å²) >= 11 is 0. The van der Waals surface area contributed by atoms with Crippen molar-refractivity contribution in [1.29, 1.82) is 0 Å². The summed E-state index contributed by atoms with van der Waals surface area (Å²) in [6.07, 6.45) is 7.17. The molecule has 18 heavy (non-hydrogen) atoms. The fourth-order valence-electron chi connectivity index (χ4n) is 3.22. The summed E-state index contributed by atoms with van der Waals surface area (Å²) in [5, 5.41) is 12.9. The predicted octanol–water partition coefficient (Wildman–Crippen LogP) is 3.19. The van der Waals surface area contributed by atoms with Crippen LogP contribution in [0.2, 0.25) is 0 Å². The van der Waals surface area contributed by atoms with Gasteiger partial charge in [0.25, 0.3) is 0 Å². The zero-order chi connectivity index (χ0) is 13.4. The molecule has 0 aromatic carbocycles. The molecular formula is C15H27NO2. The van der Waals surface area contributed by atoms with Crippen molar-refractivity contribution in [2.24, 2.45) is 11.3 Å². The van der Waals surface area contributed by atoms with E-state index in [1.807, 2.05) is 0 Å². The molecule has 2 fully saturated rings. The third-order valence-electron chi connectivity index (χ3n) is 5.32. The Bertz CT molecular complexity index is 312. The number of rotatable bonds is 5. The van der Waals surface area contributed by atoms with Crippen LogP contribution < -0.4 is 5.32 Å². The number of hydrogen-bond donors (Lipinski definition) is 2. The molecule has 0 unspecified atom stereocenters. The zero-order valence-electron chi connectivity index (χ0n) is 12.0. The van der Waals surface area contributed by atoms with Crippen LogP contribution in [-0.4, -0.2) is 22.7 Å². The molecule has 0 bridgehead atoms. The van der Waals surface area contributed by atoms with Gasteiger partial charge in [-0.3, -0.25) is 10.1 Å². The average molecular weight is 253 g/mol. The molecule has 2 N–H and O–H groups in total. The van der Waals surface area contributed by atoms with Crippen molar-refractivity contribution < 1.29 is 9.90 Å². The SMILES string of the molecule is CCC(C)(C)C1CCC(NC2CC2)(C(=O)O)CC1. The van der Waals surface area contributed by atoms with Crippen LogP contribution in [0.3, 0.4) is 0 Å². The first-order valence-electron chi connectivity index (χ1n) is 7.41. The minimum absolute atomic E-state index is 0.351. The molecule has 3 heteroatoms. The van der Waals surface area contributed by atoms with Gasteiger partial charge < -0.3 is 5.11 Å². The van der Waals surface area contributed by atoms with Crippen LogP contribution >= 0.6 is 0 Å². The fourth-order valence-corrected chi connectivity index (χ4v) is 3.22. The Morgan fingerprint density at radius 2 is 1.83 bits per heavy atom. The highest BCUT2D eigenvalue weighted by Crippen LogP contribution is 2.44. The van der Waals surface area contributed by atoms with E-state index < -0.39 is 11.5 Å². The Kier molecular flexibility index (Phi) is 3.72. The largest absolute Gasteiger partial charge is 0.480 e. The van der Waals surface area contributed by atoms with E-state index >= 15 is 0 Å². The second-order valence-corrected chi connectivity index (χ2v) is 6.92. The Labute approximate surface area is 110 Å². The van der Waals surface area contributed by atoms with Crippen molar-refractivity contribution in [3.63, 3.8) is 0 Å². The lowest BCUT2D eigenvalue weighted by Gasteiger charge is -2.43. The number of hydrogen-bond acceptors (Lipinski definition) is 2. The van der Waals surface area contributed by atoms with E-state index in [1.165, 1.54) is 6.42 Å². The molecule has 0 spiro atoms. The second-order valence-electron chi connectivity index (χ2n) is 6.92. The van der Waals surface area contributed by atoms with Crippen molar-refractivity contribution in [2.75, 3.05) is 0 Å². The standard InChI is InChI=1S/C15H27NO2/c1-4-14(2,3)11-7-9-15(10-8-11,13(17)18)16-12-5-6-12/h11-12,16H,4-10H2,1-3H3,(H,17,18). The summed E-state index contributed by atoms with van der Waals surface area (Å²) in [7, 11) is 0. The predicted molar refractivity (Wildman–Crippen MR) is 72.6 cm³/mol. The van der Waals surface area contributed by atoms with Gasteiger partial charge >= 0.3 is 5.97 Å². The molecule has 0 amide bonds. The van der Waals surface area contributed by atoms with Gasteiger partial charge in [0, 0.05) is 6.04 Å². The minimum Gasteiger partial charge on any atom is -0.480 e. The van der Waals surface area contributed by atoms with Crippen LogP contribution in [-0.2, 0) is 4.79 Å². The van der Waals surface area contributed by atoms with Crippen molar-refractivity contribution in [1.82, 2.24) is 5.32 Å². The summed E-state index contributed by atoms with van der Waals surface area (Å²) in [6, 6.07) is 0.469. The van der Waals surface area contributed by atoms with Crippen molar-refractivity contribution in [2.45, 2.75) is 77.3 Å². The van der Waals surface area contributed by atoms with Crippen LogP contribution in [0.25, 0.3) is 0 Å². The first-order valence-corrected chi connectivity index (χ1v) is 7.41. The Balaban J connectivity index is 1.99. The Hall–Kier alpha value is -0.570. The smallest absolute Gasteiger partial charge is 0.323 e. The highest BCUT2D eigenvalue weighted by Gasteiger charge is 2.46. The maximum absolute atomic E-state index is 11.6. The van der Waals surface area contributed by atoms with Crippen LogP contribution in [0.5, 0.6) is 0 Å².